The molecule has 0 unspecified atom stereocenters. The Hall–Kier alpha value is -1.53. The van der Waals surface area contributed by atoms with Crippen molar-refractivity contribution in [2.24, 2.45) is 5.73 Å². The third-order valence-electron chi connectivity index (χ3n) is 1.43. The number of rotatable bonds is 2. The fraction of sp³-hybridized carbons (Fsp3) is 0. The summed E-state index contributed by atoms with van der Waals surface area (Å²) in [7, 11) is -9.05. The molecule has 0 aliphatic carbocycles. The molecule has 1 aromatic rings. The first-order valence-electron chi connectivity index (χ1n) is 3.99. The van der Waals surface area contributed by atoms with E-state index in [-0.39, 0.29) is 5.56 Å². The summed E-state index contributed by atoms with van der Waals surface area (Å²) in [5.74, 6) is -0.895. The molecule has 18 heavy (non-hydrogen) atoms. The van der Waals surface area contributed by atoms with Crippen LogP contribution >= 0.6 is 0 Å². The third kappa shape index (κ3) is 6.93. The molecule has 102 valence electrons. The van der Waals surface area contributed by atoms with Gasteiger partial charge in [-0.3, -0.25) is 18.5 Å². The number of carbonyl (C=O) groups is 1. The Morgan fingerprint density at radius 1 is 1.00 bits per heavy atom. The van der Waals surface area contributed by atoms with Crippen molar-refractivity contribution in [2.45, 2.75) is 4.90 Å². The molecule has 11 heteroatoms. The lowest BCUT2D eigenvalue weighted by Gasteiger charge is -2.01. The molecular weight excluding hydrogens is 290 g/mol. The summed E-state index contributed by atoms with van der Waals surface area (Å²) in [6.45, 7) is 0. The van der Waals surface area contributed by atoms with Gasteiger partial charge in [0, 0.05) is 0 Å². The highest BCUT2D eigenvalue weighted by Gasteiger charge is 2.17. The molecule has 0 radical (unpaired) electrons. The monoisotopic (exact) mass is 299 g/mol. The van der Waals surface area contributed by atoms with Gasteiger partial charge < -0.3 is 5.73 Å². The highest BCUT2D eigenvalue weighted by atomic mass is 32.3. The lowest BCUT2D eigenvalue weighted by Crippen LogP contribution is -2.15. The molecule has 9 nitrogen and oxygen atoms in total. The van der Waals surface area contributed by atoms with Crippen molar-refractivity contribution in [3.63, 3.8) is 0 Å². The van der Waals surface area contributed by atoms with Crippen molar-refractivity contribution in [2.75, 3.05) is 0 Å². The van der Waals surface area contributed by atoms with Gasteiger partial charge in [-0.25, -0.2) is 0 Å². The van der Waals surface area contributed by atoms with E-state index in [2.05, 4.69) is 0 Å². The quantitative estimate of drug-likeness (QED) is 0.523. The van der Waals surface area contributed by atoms with E-state index in [1.165, 1.54) is 18.2 Å². The topological polar surface area (TPSA) is 172 Å². The molecule has 0 atom stereocenters. The second-order valence-corrected chi connectivity index (χ2v) is 5.07. The minimum Gasteiger partial charge on any atom is -0.366 e. The van der Waals surface area contributed by atoms with Crippen LogP contribution in [0.3, 0.4) is 0 Å². The minimum absolute atomic E-state index is 0.218. The maximum absolute atomic E-state index is 10.7. The summed E-state index contributed by atoms with van der Waals surface area (Å²) in [6, 6.07) is 5.17. The normalized spacial score (nSPS) is 11.3. The number of carbonyl (C=O) groups excluding carboxylic acids is 1. The Bertz CT molecular complexity index is 625. The van der Waals surface area contributed by atoms with Gasteiger partial charge in [0.15, 0.2) is 0 Å². The van der Waals surface area contributed by atoms with Gasteiger partial charge in [-0.15, -0.1) is 0 Å². The molecule has 0 aliphatic heterocycles. The van der Waals surface area contributed by atoms with E-state index in [9.17, 15) is 13.2 Å². The first kappa shape index (κ1) is 16.5. The van der Waals surface area contributed by atoms with Crippen LogP contribution in [0.5, 0.6) is 0 Å². The fourth-order valence-electron chi connectivity index (χ4n) is 0.895. The van der Waals surface area contributed by atoms with E-state index in [4.69, 9.17) is 27.8 Å². The smallest absolute Gasteiger partial charge is 0.366 e. The van der Waals surface area contributed by atoms with Crippen molar-refractivity contribution in [3.8, 4) is 0 Å². The van der Waals surface area contributed by atoms with Gasteiger partial charge >= 0.3 is 10.4 Å². The van der Waals surface area contributed by atoms with E-state index in [1.54, 1.807) is 0 Å². The van der Waals surface area contributed by atoms with Crippen LogP contribution in [-0.2, 0) is 20.5 Å². The average Bonchev–Trinajstić information content (AvgIpc) is 2.13. The second kappa shape index (κ2) is 5.88. The molecule has 0 saturated heterocycles. The number of hydrogen-bond acceptors (Lipinski definition) is 5. The van der Waals surface area contributed by atoms with E-state index in [0.717, 1.165) is 6.07 Å². The average molecular weight is 299 g/mol. The lowest BCUT2D eigenvalue weighted by molar-refractivity contribution is 0.0996. The lowest BCUT2D eigenvalue weighted by atomic mass is 10.2. The zero-order valence-electron chi connectivity index (χ0n) is 8.59. The van der Waals surface area contributed by atoms with Crippen LogP contribution in [-0.4, -0.2) is 36.4 Å². The van der Waals surface area contributed by atoms with Gasteiger partial charge in [0.2, 0.25) is 5.91 Å². The van der Waals surface area contributed by atoms with Crippen LogP contribution in [0.1, 0.15) is 10.4 Å². The summed E-state index contributed by atoms with van der Waals surface area (Å²) in [4.78, 5) is 10.2. The van der Waals surface area contributed by atoms with Gasteiger partial charge in [0.1, 0.15) is 4.90 Å². The van der Waals surface area contributed by atoms with Gasteiger partial charge in [-0.1, -0.05) is 12.1 Å². The van der Waals surface area contributed by atoms with Crippen LogP contribution in [0.25, 0.3) is 0 Å². The molecule has 0 fully saturated rings. The van der Waals surface area contributed by atoms with Crippen LogP contribution < -0.4 is 5.73 Å². The molecule has 1 aromatic carbocycles. The molecule has 0 heterocycles. The Kier molecular flexibility index (Phi) is 5.38. The van der Waals surface area contributed by atoms with Crippen molar-refractivity contribution in [1.29, 1.82) is 0 Å². The predicted octanol–water partition coefficient (Wildman–Crippen LogP) is -0.621. The molecule has 1 amide bonds. The highest BCUT2D eigenvalue weighted by Crippen LogP contribution is 2.13. The largest absolute Gasteiger partial charge is 0.394 e. The van der Waals surface area contributed by atoms with E-state index >= 15 is 0 Å². The standard InChI is InChI=1S/C7H7NO4S.H2O4S/c8-7(9)5-3-1-2-4-6(5)13(10,11)12;1-5(2,3)4/h1-4H,(H2,8,9)(H,10,11,12);(H2,1,2,3,4). The molecule has 0 aliphatic rings. The maximum Gasteiger partial charge on any atom is 0.394 e. The third-order valence-corrected chi connectivity index (χ3v) is 2.34. The minimum atomic E-state index is -4.67. The number of amides is 1. The number of nitrogens with two attached hydrogens (primary N) is 1. The van der Waals surface area contributed by atoms with Crippen LogP contribution in [0.15, 0.2) is 29.2 Å². The molecule has 0 spiro atoms. The van der Waals surface area contributed by atoms with Crippen molar-refractivity contribution in [1.82, 2.24) is 0 Å². The molecular formula is C7H9NO8S2. The first-order valence-corrected chi connectivity index (χ1v) is 6.83. The van der Waals surface area contributed by atoms with Crippen LogP contribution in [0.4, 0.5) is 0 Å². The SMILES string of the molecule is NC(=O)c1ccccc1S(=O)(=O)O.O=S(=O)(O)O. The fourth-order valence-corrected chi connectivity index (χ4v) is 1.59. The second-order valence-electron chi connectivity index (χ2n) is 2.78. The first-order chi connectivity index (χ1) is 7.93. The number of benzene rings is 1. The summed E-state index contributed by atoms with van der Waals surface area (Å²) in [6.07, 6.45) is 0. The Morgan fingerprint density at radius 3 is 1.67 bits per heavy atom. The zero-order valence-corrected chi connectivity index (χ0v) is 10.2. The maximum atomic E-state index is 10.7. The van der Waals surface area contributed by atoms with E-state index in [1.807, 2.05) is 0 Å². The van der Waals surface area contributed by atoms with Gasteiger partial charge in [0.05, 0.1) is 5.56 Å². The molecule has 5 N–H and O–H groups in total. The predicted molar refractivity (Wildman–Crippen MR) is 59.0 cm³/mol. The molecule has 0 bridgehead atoms. The highest BCUT2D eigenvalue weighted by molar-refractivity contribution is 7.86. The molecule has 0 aromatic heterocycles. The van der Waals surface area contributed by atoms with E-state index < -0.39 is 31.3 Å². The number of hydrogen-bond donors (Lipinski definition) is 4. The van der Waals surface area contributed by atoms with Crippen molar-refractivity contribution < 1.29 is 35.3 Å². The summed E-state index contributed by atoms with van der Waals surface area (Å²) in [5.41, 5.74) is 4.68. The van der Waals surface area contributed by atoms with Crippen molar-refractivity contribution in [3.05, 3.63) is 29.8 Å². The summed E-state index contributed by atoms with van der Waals surface area (Å²) in [5, 5.41) is 0. The summed E-state index contributed by atoms with van der Waals surface area (Å²) < 4.78 is 61.7. The van der Waals surface area contributed by atoms with Crippen LogP contribution in [0, 0.1) is 0 Å². The number of primary amides is 1. The summed E-state index contributed by atoms with van der Waals surface area (Å²) >= 11 is 0. The Balaban J connectivity index is 0.000000494. The van der Waals surface area contributed by atoms with E-state index in [0.29, 0.717) is 0 Å². The molecule has 1 rings (SSSR count). The Morgan fingerprint density at radius 2 is 1.39 bits per heavy atom. The molecule has 0 saturated carbocycles. The van der Waals surface area contributed by atoms with Gasteiger partial charge in [0.25, 0.3) is 10.1 Å². The Labute approximate surface area is 103 Å². The van der Waals surface area contributed by atoms with Gasteiger partial charge in [-0.05, 0) is 12.1 Å². The van der Waals surface area contributed by atoms with Gasteiger partial charge in [-0.2, -0.15) is 16.8 Å². The van der Waals surface area contributed by atoms with Crippen LogP contribution in [0.2, 0.25) is 0 Å². The zero-order chi connectivity index (χ0) is 14.6. The van der Waals surface area contributed by atoms with Crippen molar-refractivity contribution >= 4 is 26.4 Å².